The van der Waals surface area contributed by atoms with Crippen LogP contribution in [0.4, 0.5) is 5.82 Å². The van der Waals surface area contributed by atoms with Crippen LogP contribution in [0.2, 0.25) is 5.02 Å². The maximum atomic E-state index is 12.0. The maximum absolute atomic E-state index is 12.0. The summed E-state index contributed by atoms with van der Waals surface area (Å²) >= 11 is 10.9. The van der Waals surface area contributed by atoms with Crippen molar-refractivity contribution in [3.8, 4) is 0 Å². The number of carbonyl (C=O) groups is 1. The molecule has 0 atom stereocenters. The van der Waals surface area contributed by atoms with E-state index in [1.54, 1.807) is 30.5 Å². The fourth-order valence-corrected chi connectivity index (χ4v) is 1.94. The number of benzene rings is 1. The average molecular weight is 306 g/mol. The lowest BCUT2D eigenvalue weighted by molar-refractivity contribution is 0.0977. The van der Waals surface area contributed by atoms with Gasteiger partial charge in [0, 0.05) is 16.8 Å². The Labute approximate surface area is 127 Å². The number of thiocarbonyl (C=S) groups is 1. The third-order valence-corrected chi connectivity index (χ3v) is 2.99. The van der Waals surface area contributed by atoms with E-state index in [0.717, 1.165) is 5.56 Å². The Hall–Kier alpha value is -1.98. The lowest BCUT2D eigenvalue weighted by Crippen LogP contribution is -2.34. The van der Waals surface area contributed by atoms with Crippen LogP contribution in [0.1, 0.15) is 15.9 Å². The van der Waals surface area contributed by atoms with E-state index in [-0.39, 0.29) is 11.0 Å². The van der Waals surface area contributed by atoms with E-state index < -0.39 is 0 Å². The zero-order valence-corrected chi connectivity index (χ0v) is 12.3. The Morgan fingerprint density at radius 2 is 2.10 bits per heavy atom. The van der Waals surface area contributed by atoms with Crippen LogP contribution in [0.3, 0.4) is 0 Å². The number of hydrogen-bond donors (Lipinski definition) is 2. The summed E-state index contributed by atoms with van der Waals surface area (Å²) < 4.78 is 0. The summed E-state index contributed by atoms with van der Waals surface area (Å²) in [6.07, 6.45) is 1.65. The third kappa shape index (κ3) is 3.76. The molecular weight excluding hydrogens is 294 g/mol. The van der Waals surface area contributed by atoms with E-state index >= 15 is 0 Å². The van der Waals surface area contributed by atoms with Crippen molar-refractivity contribution in [2.75, 3.05) is 5.32 Å². The van der Waals surface area contributed by atoms with Crippen molar-refractivity contribution in [1.82, 2.24) is 10.3 Å². The highest BCUT2D eigenvalue weighted by atomic mass is 35.5. The number of hydrogen-bond acceptors (Lipinski definition) is 3. The number of pyridine rings is 1. The molecule has 0 aliphatic carbocycles. The highest BCUT2D eigenvalue weighted by molar-refractivity contribution is 7.80. The average Bonchev–Trinajstić information content (AvgIpc) is 2.41. The van der Waals surface area contributed by atoms with E-state index in [1.165, 1.54) is 0 Å². The highest BCUT2D eigenvalue weighted by Crippen LogP contribution is 2.11. The first-order chi connectivity index (χ1) is 9.56. The van der Waals surface area contributed by atoms with Gasteiger partial charge in [0.2, 0.25) is 0 Å². The lowest BCUT2D eigenvalue weighted by atomic mass is 10.2. The standard InChI is InChI=1S/C14H12ClN3OS/c1-9-4-3-7-16-12(9)17-14(20)18-13(19)10-5-2-6-11(15)8-10/h2-8H,1H3,(H2,16,17,18,19,20). The molecular formula is C14H12ClN3OS. The maximum Gasteiger partial charge on any atom is 0.257 e. The summed E-state index contributed by atoms with van der Waals surface area (Å²) in [7, 11) is 0. The van der Waals surface area contributed by atoms with Gasteiger partial charge in [0.05, 0.1) is 0 Å². The monoisotopic (exact) mass is 305 g/mol. The zero-order chi connectivity index (χ0) is 14.5. The lowest BCUT2D eigenvalue weighted by Gasteiger charge is -2.10. The Kier molecular flexibility index (Phi) is 4.65. The molecule has 1 aromatic heterocycles. The second-order valence-corrected chi connectivity index (χ2v) is 4.93. The van der Waals surface area contributed by atoms with Crippen LogP contribution in [0.15, 0.2) is 42.6 Å². The predicted octanol–water partition coefficient (Wildman–Crippen LogP) is 3.17. The van der Waals surface area contributed by atoms with Gasteiger partial charge in [0.1, 0.15) is 5.82 Å². The van der Waals surface area contributed by atoms with Gasteiger partial charge in [-0.2, -0.15) is 0 Å². The molecule has 0 saturated heterocycles. The SMILES string of the molecule is Cc1cccnc1NC(=S)NC(=O)c1cccc(Cl)c1. The van der Waals surface area contributed by atoms with Gasteiger partial charge in [-0.25, -0.2) is 4.98 Å². The van der Waals surface area contributed by atoms with Crippen LogP contribution in [-0.4, -0.2) is 16.0 Å². The van der Waals surface area contributed by atoms with Crippen molar-refractivity contribution in [2.24, 2.45) is 0 Å². The summed E-state index contributed by atoms with van der Waals surface area (Å²) in [4.78, 5) is 16.1. The summed E-state index contributed by atoms with van der Waals surface area (Å²) in [5, 5.41) is 6.15. The Morgan fingerprint density at radius 3 is 2.80 bits per heavy atom. The number of nitrogens with one attached hydrogen (secondary N) is 2. The molecule has 0 aliphatic rings. The molecule has 1 amide bonds. The van der Waals surface area contributed by atoms with E-state index in [0.29, 0.717) is 16.4 Å². The van der Waals surface area contributed by atoms with Gasteiger partial charge < -0.3 is 5.32 Å². The van der Waals surface area contributed by atoms with Crippen molar-refractivity contribution in [2.45, 2.75) is 6.92 Å². The normalized spacial score (nSPS) is 9.90. The number of aryl methyl sites for hydroxylation is 1. The first-order valence-corrected chi connectivity index (χ1v) is 6.64. The topological polar surface area (TPSA) is 54.0 Å². The molecule has 6 heteroatoms. The minimum Gasteiger partial charge on any atom is -0.317 e. The van der Waals surface area contributed by atoms with Gasteiger partial charge >= 0.3 is 0 Å². The Morgan fingerprint density at radius 1 is 1.30 bits per heavy atom. The minimum atomic E-state index is -0.321. The minimum absolute atomic E-state index is 0.191. The molecule has 0 saturated carbocycles. The fraction of sp³-hybridized carbons (Fsp3) is 0.0714. The van der Waals surface area contributed by atoms with Gasteiger partial charge in [0.25, 0.3) is 5.91 Å². The van der Waals surface area contributed by atoms with Crippen LogP contribution >= 0.6 is 23.8 Å². The molecule has 0 bridgehead atoms. The summed E-state index contributed by atoms with van der Waals surface area (Å²) in [5.74, 6) is 0.294. The van der Waals surface area contributed by atoms with Crippen molar-refractivity contribution in [3.05, 3.63) is 58.7 Å². The molecule has 2 N–H and O–H groups in total. The second kappa shape index (κ2) is 6.45. The van der Waals surface area contributed by atoms with Crippen LogP contribution in [0, 0.1) is 6.92 Å². The van der Waals surface area contributed by atoms with E-state index in [2.05, 4.69) is 15.6 Å². The third-order valence-electron chi connectivity index (χ3n) is 2.56. The van der Waals surface area contributed by atoms with Gasteiger partial charge in [-0.15, -0.1) is 0 Å². The Bertz CT molecular complexity index is 660. The number of carbonyl (C=O) groups excluding carboxylic acids is 1. The van der Waals surface area contributed by atoms with E-state index in [9.17, 15) is 4.79 Å². The van der Waals surface area contributed by atoms with Gasteiger partial charge in [-0.1, -0.05) is 23.7 Å². The molecule has 0 spiro atoms. The number of amides is 1. The smallest absolute Gasteiger partial charge is 0.257 e. The summed E-state index contributed by atoms with van der Waals surface area (Å²) in [6, 6.07) is 10.4. The van der Waals surface area contributed by atoms with Crippen molar-refractivity contribution >= 4 is 40.7 Å². The number of anilines is 1. The van der Waals surface area contributed by atoms with Gasteiger partial charge in [0.15, 0.2) is 5.11 Å². The van der Waals surface area contributed by atoms with Crippen LogP contribution in [0.5, 0.6) is 0 Å². The Balaban J connectivity index is 2.02. The van der Waals surface area contributed by atoms with Crippen molar-refractivity contribution in [3.63, 3.8) is 0 Å². The van der Waals surface area contributed by atoms with Crippen molar-refractivity contribution < 1.29 is 4.79 Å². The molecule has 1 aromatic carbocycles. The van der Waals surface area contributed by atoms with Gasteiger partial charge in [-0.05, 0) is 49.0 Å². The molecule has 2 aromatic rings. The molecule has 4 nitrogen and oxygen atoms in total. The van der Waals surface area contributed by atoms with Crippen LogP contribution in [-0.2, 0) is 0 Å². The van der Waals surface area contributed by atoms with Crippen molar-refractivity contribution in [1.29, 1.82) is 0 Å². The molecule has 0 unspecified atom stereocenters. The number of rotatable bonds is 2. The van der Waals surface area contributed by atoms with Crippen LogP contribution in [0.25, 0.3) is 0 Å². The first-order valence-electron chi connectivity index (χ1n) is 5.86. The highest BCUT2D eigenvalue weighted by Gasteiger charge is 2.09. The van der Waals surface area contributed by atoms with E-state index in [4.69, 9.17) is 23.8 Å². The molecule has 102 valence electrons. The summed E-state index contributed by atoms with van der Waals surface area (Å²) in [5.41, 5.74) is 1.38. The van der Waals surface area contributed by atoms with E-state index in [1.807, 2.05) is 19.1 Å². The molecule has 1 heterocycles. The second-order valence-electron chi connectivity index (χ2n) is 4.09. The molecule has 0 radical (unpaired) electrons. The number of nitrogens with zero attached hydrogens (tertiary/aromatic N) is 1. The first kappa shape index (κ1) is 14.4. The molecule has 0 aliphatic heterocycles. The molecule has 2 rings (SSSR count). The fourth-order valence-electron chi connectivity index (χ4n) is 1.56. The number of halogens is 1. The predicted molar refractivity (Wildman–Crippen MR) is 84.1 cm³/mol. The zero-order valence-electron chi connectivity index (χ0n) is 10.7. The van der Waals surface area contributed by atoms with Crippen LogP contribution < -0.4 is 10.6 Å². The molecule has 20 heavy (non-hydrogen) atoms. The largest absolute Gasteiger partial charge is 0.317 e. The summed E-state index contributed by atoms with van der Waals surface area (Å²) in [6.45, 7) is 1.90. The quantitative estimate of drug-likeness (QED) is 0.837. The van der Waals surface area contributed by atoms with Gasteiger partial charge in [-0.3, -0.25) is 10.1 Å². The number of aromatic nitrogens is 1. The molecule has 0 fully saturated rings.